The number of hydrogen-bond acceptors (Lipinski definition) is 5. The van der Waals surface area contributed by atoms with E-state index in [1.165, 1.54) is 24.3 Å². The molecular weight excluding hydrogens is 340 g/mol. The van der Waals surface area contributed by atoms with E-state index < -0.39 is 29.1 Å². The van der Waals surface area contributed by atoms with Crippen molar-refractivity contribution in [1.82, 2.24) is 25.6 Å². The Labute approximate surface area is 141 Å². The van der Waals surface area contributed by atoms with E-state index in [1.807, 2.05) is 0 Å². The van der Waals surface area contributed by atoms with Crippen LogP contribution in [0.2, 0.25) is 0 Å². The highest BCUT2D eigenvalue weighted by molar-refractivity contribution is 7.78. The Balaban J connectivity index is 2.44. The van der Waals surface area contributed by atoms with Gasteiger partial charge in [-0.25, -0.2) is 18.4 Å². The highest BCUT2D eigenvalue weighted by atomic mass is 32.1. The molecule has 0 aliphatic heterocycles. The lowest BCUT2D eigenvalue weighted by Gasteiger charge is -2.33. The van der Waals surface area contributed by atoms with Gasteiger partial charge >= 0.3 is 0 Å². The fraction of sp³-hybridized carbons (Fsp3) is 0.286. The lowest BCUT2D eigenvalue weighted by Crippen LogP contribution is -2.49. The summed E-state index contributed by atoms with van der Waals surface area (Å²) in [6, 6.07) is 2.74. The molecule has 24 heavy (non-hydrogen) atoms. The number of aliphatic hydroxyl groups is 1. The van der Waals surface area contributed by atoms with Crippen LogP contribution in [-0.2, 0) is 16.9 Å². The molecule has 0 saturated heterocycles. The molecule has 0 spiro atoms. The average Bonchev–Trinajstić information content (AvgIpc) is 3.04. The van der Waals surface area contributed by atoms with Crippen LogP contribution in [0.1, 0.15) is 12.5 Å². The number of carbonyl (C=O) groups excluding carboxylic acids is 1. The van der Waals surface area contributed by atoms with Gasteiger partial charge in [0.15, 0.2) is 0 Å². The van der Waals surface area contributed by atoms with Crippen molar-refractivity contribution >= 4 is 23.6 Å². The van der Waals surface area contributed by atoms with Crippen molar-refractivity contribution in [2.75, 3.05) is 0 Å². The monoisotopic (exact) mass is 355 g/mol. The second-order valence-corrected chi connectivity index (χ2v) is 5.35. The minimum atomic E-state index is -2.00. The zero-order valence-corrected chi connectivity index (χ0v) is 13.4. The molecule has 10 heteroatoms. The van der Waals surface area contributed by atoms with E-state index in [0.717, 1.165) is 17.6 Å². The largest absolute Gasteiger partial charge is 0.382 e. The van der Waals surface area contributed by atoms with E-state index in [-0.39, 0.29) is 12.1 Å². The van der Waals surface area contributed by atoms with Crippen molar-refractivity contribution in [2.45, 2.75) is 19.1 Å². The first-order valence-electron chi connectivity index (χ1n) is 6.88. The Hall–Kier alpha value is -2.46. The van der Waals surface area contributed by atoms with Gasteiger partial charge in [-0.05, 0) is 6.07 Å². The number of hydrazine groups is 1. The Bertz CT molecular complexity index is 728. The van der Waals surface area contributed by atoms with Gasteiger partial charge in [-0.2, -0.15) is 5.10 Å². The first-order valence-corrected chi connectivity index (χ1v) is 7.35. The highest BCUT2D eigenvalue weighted by Gasteiger charge is 2.42. The van der Waals surface area contributed by atoms with Gasteiger partial charge in [-0.1, -0.05) is 25.2 Å². The van der Waals surface area contributed by atoms with Crippen LogP contribution in [0, 0.1) is 17.6 Å². The number of halogens is 2. The molecular formula is C14H15F2N5O2S. The van der Waals surface area contributed by atoms with E-state index in [9.17, 15) is 18.7 Å². The van der Waals surface area contributed by atoms with Gasteiger partial charge in [-0.15, -0.1) is 0 Å². The molecule has 0 bridgehead atoms. The third kappa shape index (κ3) is 3.71. The van der Waals surface area contributed by atoms with Crippen LogP contribution in [-0.4, -0.2) is 31.3 Å². The molecule has 1 aromatic carbocycles. The summed E-state index contributed by atoms with van der Waals surface area (Å²) < 4.78 is 28.7. The molecule has 3 N–H and O–H groups in total. The summed E-state index contributed by atoms with van der Waals surface area (Å²) in [5.74, 6) is -3.52. The summed E-state index contributed by atoms with van der Waals surface area (Å²) in [5, 5.41) is 14.9. The van der Waals surface area contributed by atoms with Gasteiger partial charge < -0.3 is 5.11 Å². The van der Waals surface area contributed by atoms with Crippen LogP contribution >= 0.6 is 12.2 Å². The predicted molar refractivity (Wildman–Crippen MR) is 84.4 cm³/mol. The number of aromatic nitrogens is 3. The number of thiocarbonyl (C=S) groups is 1. The van der Waals surface area contributed by atoms with Crippen LogP contribution in [0.15, 0.2) is 30.9 Å². The smallest absolute Gasteiger partial charge is 0.244 e. The molecule has 1 amide bonds. The lowest BCUT2D eigenvalue weighted by atomic mass is 9.81. The highest BCUT2D eigenvalue weighted by Crippen LogP contribution is 2.33. The Kier molecular flexibility index (Phi) is 5.52. The summed E-state index contributed by atoms with van der Waals surface area (Å²) >= 11 is 4.53. The molecule has 1 aromatic heterocycles. The van der Waals surface area contributed by atoms with Gasteiger partial charge in [0, 0.05) is 11.6 Å². The maximum Gasteiger partial charge on any atom is 0.244 e. The zero-order chi connectivity index (χ0) is 17.7. The predicted octanol–water partition coefficient (Wildman–Crippen LogP) is 0.658. The summed E-state index contributed by atoms with van der Waals surface area (Å²) in [7, 11) is 0. The van der Waals surface area contributed by atoms with Crippen molar-refractivity contribution in [3.8, 4) is 0 Å². The SMILES string of the molecule is CC(C(=O)NNC=S)C(O)(Cn1cncn1)c1ccc(F)cc1F. The minimum Gasteiger partial charge on any atom is -0.382 e. The number of amides is 1. The van der Waals surface area contributed by atoms with Crippen LogP contribution in [0.4, 0.5) is 8.78 Å². The standard InChI is InChI=1S/C14H15F2N5O2S/c1-9(13(22)20-18-8-24)14(23,5-21-7-17-6-19-21)11-3-2-10(15)4-12(11)16/h2-4,6-9,23H,5H2,1H3,(H,18,24)(H,20,22). The normalized spacial score (nSPS) is 14.5. The third-order valence-electron chi connectivity index (χ3n) is 3.63. The number of rotatable bonds is 7. The van der Waals surface area contributed by atoms with E-state index in [1.54, 1.807) is 0 Å². The van der Waals surface area contributed by atoms with Crippen LogP contribution in [0.3, 0.4) is 0 Å². The van der Waals surface area contributed by atoms with Gasteiger partial charge in [-0.3, -0.25) is 15.6 Å². The molecule has 0 aliphatic rings. The number of carbonyl (C=O) groups is 1. The zero-order valence-electron chi connectivity index (χ0n) is 12.6. The fourth-order valence-corrected chi connectivity index (χ4v) is 2.34. The quantitative estimate of drug-likeness (QED) is 0.499. The van der Waals surface area contributed by atoms with E-state index >= 15 is 0 Å². The molecule has 1 heterocycles. The van der Waals surface area contributed by atoms with E-state index in [4.69, 9.17) is 0 Å². The second-order valence-electron chi connectivity index (χ2n) is 5.11. The maximum absolute atomic E-state index is 14.2. The van der Waals surface area contributed by atoms with Gasteiger partial charge in [0.2, 0.25) is 5.91 Å². The molecule has 0 saturated carbocycles. The summed E-state index contributed by atoms with van der Waals surface area (Å²) in [6.07, 6.45) is 2.55. The van der Waals surface area contributed by atoms with Crippen LogP contribution in [0.25, 0.3) is 0 Å². The maximum atomic E-state index is 14.2. The number of benzene rings is 1. The topological polar surface area (TPSA) is 92.1 Å². The number of nitrogens with one attached hydrogen (secondary N) is 2. The van der Waals surface area contributed by atoms with Gasteiger partial charge in [0.1, 0.15) is 29.9 Å². The van der Waals surface area contributed by atoms with Crippen molar-refractivity contribution in [2.24, 2.45) is 5.92 Å². The van der Waals surface area contributed by atoms with Gasteiger partial charge in [0.05, 0.1) is 18.0 Å². The fourth-order valence-electron chi connectivity index (χ4n) is 2.28. The van der Waals surface area contributed by atoms with E-state index in [2.05, 4.69) is 33.2 Å². The first-order chi connectivity index (χ1) is 11.4. The van der Waals surface area contributed by atoms with Crippen molar-refractivity contribution in [1.29, 1.82) is 0 Å². The molecule has 0 radical (unpaired) electrons. The van der Waals surface area contributed by atoms with Crippen LogP contribution in [0.5, 0.6) is 0 Å². The molecule has 0 fully saturated rings. The molecule has 7 nitrogen and oxygen atoms in total. The average molecular weight is 355 g/mol. The summed E-state index contributed by atoms with van der Waals surface area (Å²) in [6.45, 7) is 1.14. The molecule has 2 aromatic rings. The molecule has 2 atom stereocenters. The Morgan fingerprint density at radius 3 is 2.88 bits per heavy atom. The molecule has 128 valence electrons. The van der Waals surface area contributed by atoms with Crippen molar-refractivity contribution in [3.63, 3.8) is 0 Å². The molecule has 0 aliphatic carbocycles. The molecule has 2 unspecified atom stereocenters. The van der Waals surface area contributed by atoms with Gasteiger partial charge in [0.25, 0.3) is 0 Å². The van der Waals surface area contributed by atoms with Crippen LogP contribution < -0.4 is 10.9 Å². The Morgan fingerprint density at radius 1 is 1.54 bits per heavy atom. The first kappa shape index (κ1) is 17.9. The number of nitrogens with zero attached hydrogens (tertiary/aromatic N) is 3. The third-order valence-corrected chi connectivity index (χ3v) is 3.75. The van der Waals surface area contributed by atoms with Crippen molar-refractivity contribution < 1.29 is 18.7 Å². The summed E-state index contributed by atoms with van der Waals surface area (Å²) in [4.78, 5) is 15.9. The van der Waals surface area contributed by atoms with E-state index in [0.29, 0.717) is 6.07 Å². The number of hydrogen-bond donors (Lipinski definition) is 3. The summed E-state index contributed by atoms with van der Waals surface area (Å²) in [5.41, 5.74) is 3.43. The lowest BCUT2D eigenvalue weighted by molar-refractivity contribution is -0.136. The molecule has 2 rings (SSSR count). The Morgan fingerprint density at radius 2 is 2.29 bits per heavy atom. The second kappa shape index (κ2) is 7.41. The minimum absolute atomic E-state index is 0.232. The van der Waals surface area contributed by atoms with Crippen molar-refractivity contribution in [3.05, 3.63) is 48.1 Å².